The topological polar surface area (TPSA) is 55.9 Å². The first-order valence-corrected chi connectivity index (χ1v) is 11.0. The van der Waals surface area contributed by atoms with Gasteiger partial charge in [-0.15, -0.1) is 0 Å². The zero-order chi connectivity index (χ0) is 21.0. The van der Waals surface area contributed by atoms with Crippen LogP contribution in [0.5, 0.6) is 0 Å². The van der Waals surface area contributed by atoms with Crippen molar-refractivity contribution in [2.75, 3.05) is 45.2 Å². The third kappa shape index (κ3) is 5.70. The molecular weight excluding hydrogens is 411 g/mol. The number of piperazine rings is 1. The van der Waals surface area contributed by atoms with Gasteiger partial charge >= 0.3 is 6.03 Å². The Kier molecular flexibility index (Phi) is 7.52. The molecule has 3 rings (SSSR count). The van der Waals surface area contributed by atoms with Crippen LogP contribution >= 0.6 is 23.2 Å². The summed E-state index contributed by atoms with van der Waals surface area (Å²) >= 11 is 12.4. The number of anilines is 1. The second-order valence-electron chi connectivity index (χ2n) is 8.23. The first-order chi connectivity index (χ1) is 13.8. The number of carbonyl (C=O) groups is 2. The van der Waals surface area contributed by atoms with E-state index in [1.54, 1.807) is 25.1 Å². The van der Waals surface area contributed by atoms with Gasteiger partial charge in [-0.3, -0.25) is 4.79 Å². The van der Waals surface area contributed by atoms with E-state index in [-0.39, 0.29) is 18.0 Å². The summed E-state index contributed by atoms with van der Waals surface area (Å²) < 4.78 is 0. The van der Waals surface area contributed by atoms with Gasteiger partial charge in [0, 0.05) is 39.8 Å². The molecule has 0 radical (unpaired) electrons. The third-order valence-corrected chi connectivity index (χ3v) is 6.79. The Morgan fingerprint density at radius 2 is 1.90 bits per heavy atom. The molecule has 1 heterocycles. The molecular formula is C21H30Cl2N4O2. The zero-order valence-corrected chi connectivity index (χ0v) is 18.7. The van der Waals surface area contributed by atoms with Crippen LogP contribution in [0, 0.1) is 5.92 Å². The van der Waals surface area contributed by atoms with Gasteiger partial charge in [-0.05, 0) is 50.2 Å². The van der Waals surface area contributed by atoms with Crippen molar-refractivity contribution in [3.05, 3.63) is 28.2 Å². The second-order valence-corrected chi connectivity index (χ2v) is 9.01. The highest BCUT2D eigenvalue weighted by Crippen LogP contribution is 2.33. The molecule has 0 bridgehead atoms. The maximum atomic E-state index is 12.6. The van der Waals surface area contributed by atoms with Crippen LogP contribution in [0.1, 0.15) is 32.1 Å². The fourth-order valence-electron chi connectivity index (χ4n) is 4.12. The molecule has 0 aromatic heterocycles. The highest BCUT2D eigenvalue weighted by atomic mass is 35.5. The Morgan fingerprint density at radius 3 is 2.55 bits per heavy atom. The van der Waals surface area contributed by atoms with Crippen LogP contribution in [0.15, 0.2) is 18.2 Å². The van der Waals surface area contributed by atoms with Crippen molar-refractivity contribution in [1.29, 1.82) is 0 Å². The summed E-state index contributed by atoms with van der Waals surface area (Å²) in [6.07, 6.45) is 5.26. The minimum atomic E-state index is -0.0169. The van der Waals surface area contributed by atoms with E-state index in [2.05, 4.69) is 5.32 Å². The van der Waals surface area contributed by atoms with Crippen molar-refractivity contribution in [3.63, 3.8) is 0 Å². The maximum absolute atomic E-state index is 12.6. The van der Waals surface area contributed by atoms with E-state index in [9.17, 15) is 9.59 Å². The highest BCUT2D eigenvalue weighted by molar-refractivity contribution is 6.43. The van der Waals surface area contributed by atoms with Crippen molar-refractivity contribution < 1.29 is 9.59 Å². The predicted molar refractivity (Wildman–Crippen MR) is 118 cm³/mol. The first-order valence-electron chi connectivity index (χ1n) is 10.3. The fraction of sp³-hybridized carbons (Fsp3) is 0.619. The highest BCUT2D eigenvalue weighted by Gasteiger charge is 2.28. The van der Waals surface area contributed by atoms with Crippen LogP contribution in [0.25, 0.3) is 0 Å². The average molecular weight is 441 g/mol. The number of urea groups is 1. The van der Waals surface area contributed by atoms with Gasteiger partial charge in [0.2, 0.25) is 5.91 Å². The molecule has 1 aliphatic carbocycles. The Bertz CT molecular complexity index is 735. The molecule has 3 amide bonds. The van der Waals surface area contributed by atoms with Crippen LogP contribution < -0.4 is 10.2 Å². The van der Waals surface area contributed by atoms with Crippen molar-refractivity contribution >= 4 is 40.8 Å². The SMILES string of the molecule is CN(C)C(=O)NC1CCC(CCN2CCN(c3cccc(Cl)c3Cl)CC2=O)CC1. The molecule has 1 aromatic carbocycles. The quantitative estimate of drug-likeness (QED) is 0.755. The van der Waals surface area contributed by atoms with E-state index in [0.717, 1.165) is 50.9 Å². The van der Waals surface area contributed by atoms with E-state index in [4.69, 9.17) is 23.2 Å². The van der Waals surface area contributed by atoms with Crippen molar-refractivity contribution in [1.82, 2.24) is 15.1 Å². The first kappa shape index (κ1) is 22.0. The Balaban J connectivity index is 1.42. The number of benzene rings is 1. The van der Waals surface area contributed by atoms with Gasteiger partial charge < -0.3 is 20.0 Å². The Hall–Kier alpha value is -1.66. The smallest absolute Gasteiger partial charge is 0.317 e. The molecule has 8 heteroatoms. The maximum Gasteiger partial charge on any atom is 0.317 e. The molecule has 1 aromatic rings. The van der Waals surface area contributed by atoms with E-state index in [1.807, 2.05) is 21.9 Å². The van der Waals surface area contributed by atoms with Crippen molar-refractivity contribution in [2.45, 2.75) is 38.1 Å². The average Bonchev–Trinajstić information content (AvgIpc) is 2.70. The van der Waals surface area contributed by atoms with Gasteiger partial charge in [-0.25, -0.2) is 4.79 Å². The lowest BCUT2D eigenvalue weighted by atomic mass is 9.84. The van der Waals surface area contributed by atoms with Gasteiger partial charge in [-0.2, -0.15) is 0 Å². The number of hydrogen-bond donors (Lipinski definition) is 1. The molecule has 1 saturated carbocycles. The number of carbonyl (C=O) groups excluding carboxylic acids is 2. The molecule has 1 saturated heterocycles. The summed E-state index contributed by atoms with van der Waals surface area (Å²) in [4.78, 5) is 30.0. The minimum absolute atomic E-state index is 0.0169. The molecule has 2 fully saturated rings. The van der Waals surface area contributed by atoms with E-state index in [1.165, 1.54) is 0 Å². The van der Waals surface area contributed by atoms with Gasteiger partial charge in [0.25, 0.3) is 0 Å². The largest absolute Gasteiger partial charge is 0.359 e. The Labute approximate surface area is 183 Å². The number of nitrogens with zero attached hydrogens (tertiary/aromatic N) is 3. The molecule has 1 N–H and O–H groups in total. The monoisotopic (exact) mass is 440 g/mol. The van der Waals surface area contributed by atoms with E-state index < -0.39 is 0 Å². The van der Waals surface area contributed by atoms with Gasteiger partial charge in [0.05, 0.1) is 22.3 Å². The van der Waals surface area contributed by atoms with Crippen LogP contribution in [-0.2, 0) is 4.79 Å². The van der Waals surface area contributed by atoms with Crippen LogP contribution in [-0.4, -0.2) is 68.1 Å². The third-order valence-electron chi connectivity index (χ3n) is 5.98. The molecule has 1 aliphatic heterocycles. The fourth-order valence-corrected chi connectivity index (χ4v) is 4.54. The number of halogens is 2. The summed E-state index contributed by atoms with van der Waals surface area (Å²) in [5.74, 6) is 0.759. The van der Waals surface area contributed by atoms with E-state index >= 15 is 0 Å². The molecule has 160 valence electrons. The lowest BCUT2D eigenvalue weighted by molar-refractivity contribution is -0.131. The number of rotatable bonds is 5. The number of nitrogens with one attached hydrogen (secondary N) is 1. The molecule has 0 spiro atoms. The summed E-state index contributed by atoms with van der Waals surface area (Å²) in [6.45, 7) is 2.60. The molecule has 29 heavy (non-hydrogen) atoms. The number of amides is 3. The van der Waals surface area contributed by atoms with Crippen molar-refractivity contribution in [2.24, 2.45) is 5.92 Å². The van der Waals surface area contributed by atoms with Gasteiger partial charge in [-0.1, -0.05) is 29.3 Å². The predicted octanol–water partition coefficient (Wildman–Crippen LogP) is 3.86. The lowest BCUT2D eigenvalue weighted by Crippen LogP contribution is -2.51. The summed E-state index contributed by atoms with van der Waals surface area (Å²) in [5.41, 5.74) is 0.824. The summed E-state index contributed by atoms with van der Waals surface area (Å²) in [7, 11) is 3.52. The van der Waals surface area contributed by atoms with Gasteiger partial charge in [0.1, 0.15) is 0 Å². The van der Waals surface area contributed by atoms with Crippen LogP contribution in [0.3, 0.4) is 0 Å². The molecule has 6 nitrogen and oxygen atoms in total. The summed E-state index contributed by atoms with van der Waals surface area (Å²) in [5, 5.41) is 4.10. The number of hydrogen-bond acceptors (Lipinski definition) is 3. The lowest BCUT2D eigenvalue weighted by Gasteiger charge is -2.37. The van der Waals surface area contributed by atoms with Gasteiger partial charge in [0.15, 0.2) is 0 Å². The molecule has 0 unspecified atom stereocenters. The molecule has 0 atom stereocenters. The van der Waals surface area contributed by atoms with Crippen molar-refractivity contribution in [3.8, 4) is 0 Å². The van der Waals surface area contributed by atoms with E-state index in [0.29, 0.717) is 29.1 Å². The second kappa shape index (κ2) is 9.90. The minimum Gasteiger partial charge on any atom is -0.359 e. The normalized spacial score (nSPS) is 22.6. The molecule has 2 aliphatic rings. The Morgan fingerprint density at radius 1 is 1.17 bits per heavy atom. The standard InChI is InChI=1S/C21H30Cl2N4O2/c1-25(2)21(29)24-16-8-6-15(7-9-16)10-11-26-12-13-27(14-19(26)28)18-5-3-4-17(22)20(18)23/h3-5,15-16H,6-14H2,1-2H3,(H,24,29). The zero-order valence-electron chi connectivity index (χ0n) is 17.2. The van der Waals surface area contributed by atoms with Crippen LogP contribution in [0.4, 0.5) is 10.5 Å². The van der Waals surface area contributed by atoms with Crippen LogP contribution in [0.2, 0.25) is 10.0 Å². The summed E-state index contributed by atoms with van der Waals surface area (Å²) in [6, 6.07) is 5.78.